The smallest absolute Gasteiger partial charge is 0.307 e. The molecule has 2 rings (SSSR count). The van der Waals surface area contributed by atoms with E-state index in [1.807, 2.05) is 12.3 Å². The molecule has 6 heteroatoms. The van der Waals surface area contributed by atoms with Gasteiger partial charge in [-0.1, -0.05) is 11.3 Å². The summed E-state index contributed by atoms with van der Waals surface area (Å²) in [5, 5.41) is 11.1. The van der Waals surface area contributed by atoms with Crippen molar-refractivity contribution in [3.05, 3.63) is 20.7 Å². The van der Waals surface area contributed by atoms with E-state index in [1.165, 1.54) is 11.3 Å². The number of aromatic nitrogens is 1. The minimum Gasteiger partial charge on any atom is -0.394 e. The van der Waals surface area contributed by atoms with Gasteiger partial charge in [0, 0.05) is 30.6 Å². The van der Waals surface area contributed by atoms with Crippen molar-refractivity contribution >= 4 is 17.2 Å². The Morgan fingerprint density at radius 1 is 1.53 bits per heavy atom. The lowest BCUT2D eigenvalue weighted by atomic mass is 10.0. The van der Waals surface area contributed by atoms with Gasteiger partial charge in [-0.15, -0.1) is 0 Å². The second kappa shape index (κ2) is 6.34. The molecule has 2 heterocycles. The molecule has 1 N–H and O–H groups in total. The van der Waals surface area contributed by atoms with Crippen LogP contribution in [0.5, 0.6) is 0 Å². The molecule has 0 aliphatic carbocycles. The number of hydrogen-bond acceptors (Lipinski definition) is 4. The second-order valence-corrected chi connectivity index (χ2v) is 5.78. The maximum absolute atomic E-state index is 12.2. The Hall–Kier alpha value is -1.14. The quantitative estimate of drug-likeness (QED) is 0.896. The van der Waals surface area contributed by atoms with Gasteiger partial charge in [0.25, 0.3) is 0 Å². The molecule has 1 amide bonds. The highest BCUT2D eigenvalue weighted by atomic mass is 32.1. The number of carbonyl (C=O) groups is 1. The van der Waals surface area contributed by atoms with E-state index in [0.717, 1.165) is 31.5 Å². The number of aliphatic hydroxyl groups excluding tert-OH is 1. The molecule has 0 aromatic carbocycles. The SMILES string of the molecule is Cc1csc(=O)n1CCC(=O)N1CCCCC1CO. The van der Waals surface area contributed by atoms with Gasteiger partial charge in [0.05, 0.1) is 12.6 Å². The lowest BCUT2D eigenvalue weighted by Gasteiger charge is -2.34. The van der Waals surface area contributed by atoms with Crippen LogP contribution in [0.1, 0.15) is 31.4 Å². The van der Waals surface area contributed by atoms with Crippen LogP contribution in [0.25, 0.3) is 0 Å². The summed E-state index contributed by atoms with van der Waals surface area (Å²) in [5.74, 6) is 0.0382. The number of piperidine rings is 1. The lowest BCUT2D eigenvalue weighted by molar-refractivity contribution is -0.136. The van der Waals surface area contributed by atoms with Gasteiger partial charge in [-0.25, -0.2) is 0 Å². The number of rotatable bonds is 4. The largest absolute Gasteiger partial charge is 0.394 e. The third kappa shape index (κ3) is 3.25. The molecular weight excluding hydrogens is 264 g/mol. The Bertz CT molecular complexity index is 494. The highest BCUT2D eigenvalue weighted by Gasteiger charge is 2.25. The van der Waals surface area contributed by atoms with Gasteiger partial charge in [0.2, 0.25) is 5.91 Å². The summed E-state index contributed by atoms with van der Waals surface area (Å²) in [6.07, 6.45) is 3.27. The third-order valence-corrected chi connectivity index (χ3v) is 4.56. The highest BCUT2D eigenvalue weighted by Crippen LogP contribution is 2.17. The topological polar surface area (TPSA) is 62.5 Å². The summed E-state index contributed by atoms with van der Waals surface area (Å²) in [5.41, 5.74) is 0.903. The summed E-state index contributed by atoms with van der Waals surface area (Å²) in [7, 11) is 0. The molecule has 1 unspecified atom stereocenters. The molecule has 19 heavy (non-hydrogen) atoms. The maximum atomic E-state index is 12.2. The number of aryl methyl sites for hydroxylation is 1. The van der Waals surface area contributed by atoms with Crippen molar-refractivity contribution in [2.75, 3.05) is 13.2 Å². The summed E-state index contributed by atoms with van der Waals surface area (Å²) in [6, 6.07) is -0.0402. The Balaban J connectivity index is 1.95. The fourth-order valence-electron chi connectivity index (χ4n) is 2.54. The van der Waals surface area contributed by atoms with Crippen LogP contribution in [0.15, 0.2) is 10.2 Å². The van der Waals surface area contributed by atoms with Gasteiger partial charge in [-0.05, 0) is 26.2 Å². The molecule has 1 aromatic rings. The van der Waals surface area contributed by atoms with Crippen LogP contribution in [0, 0.1) is 6.92 Å². The van der Waals surface area contributed by atoms with Gasteiger partial charge < -0.3 is 14.6 Å². The maximum Gasteiger partial charge on any atom is 0.307 e. The fourth-order valence-corrected chi connectivity index (χ4v) is 3.31. The van der Waals surface area contributed by atoms with Gasteiger partial charge in [-0.2, -0.15) is 0 Å². The fraction of sp³-hybridized carbons (Fsp3) is 0.692. The van der Waals surface area contributed by atoms with E-state index in [4.69, 9.17) is 0 Å². The molecule has 1 aromatic heterocycles. The molecule has 0 radical (unpaired) electrons. The van der Waals surface area contributed by atoms with Crippen LogP contribution in [-0.4, -0.2) is 39.7 Å². The van der Waals surface area contributed by atoms with E-state index in [2.05, 4.69) is 0 Å². The first kappa shape index (κ1) is 14.3. The van der Waals surface area contributed by atoms with Crippen LogP contribution in [-0.2, 0) is 11.3 Å². The van der Waals surface area contributed by atoms with E-state index in [-0.39, 0.29) is 23.4 Å². The number of likely N-dealkylation sites (tertiary alicyclic amines) is 1. The first-order valence-corrected chi connectivity index (χ1v) is 7.56. The summed E-state index contributed by atoms with van der Waals surface area (Å²) >= 11 is 1.17. The second-order valence-electron chi connectivity index (χ2n) is 4.96. The molecule has 106 valence electrons. The molecule has 1 fully saturated rings. The number of aliphatic hydroxyl groups is 1. The average molecular weight is 284 g/mol. The predicted molar refractivity (Wildman–Crippen MR) is 74.4 cm³/mol. The first-order chi connectivity index (χ1) is 9.13. The highest BCUT2D eigenvalue weighted by molar-refractivity contribution is 7.07. The Kier molecular flexibility index (Phi) is 4.76. The van der Waals surface area contributed by atoms with Crippen molar-refractivity contribution in [2.24, 2.45) is 0 Å². The Labute approximate surface area is 116 Å². The zero-order valence-electron chi connectivity index (χ0n) is 11.2. The van der Waals surface area contributed by atoms with Crippen molar-refractivity contribution in [2.45, 2.75) is 45.2 Å². The van der Waals surface area contributed by atoms with Gasteiger partial charge in [-0.3, -0.25) is 9.59 Å². The molecule has 0 saturated carbocycles. The van der Waals surface area contributed by atoms with E-state index < -0.39 is 0 Å². The summed E-state index contributed by atoms with van der Waals surface area (Å²) in [4.78, 5) is 25.5. The number of amides is 1. The third-order valence-electron chi connectivity index (χ3n) is 3.68. The Morgan fingerprint density at radius 2 is 2.32 bits per heavy atom. The van der Waals surface area contributed by atoms with Crippen molar-refractivity contribution < 1.29 is 9.90 Å². The van der Waals surface area contributed by atoms with Gasteiger partial charge >= 0.3 is 4.87 Å². The lowest BCUT2D eigenvalue weighted by Crippen LogP contribution is -2.46. The van der Waals surface area contributed by atoms with Crippen LogP contribution >= 0.6 is 11.3 Å². The number of thiazole rings is 1. The van der Waals surface area contributed by atoms with Gasteiger partial charge in [0.15, 0.2) is 0 Å². The summed E-state index contributed by atoms with van der Waals surface area (Å²) in [6.45, 7) is 3.06. The van der Waals surface area contributed by atoms with Crippen LogP contribution in [0.2, 0.25) is 0 Å². The average Bonchev–Trinajstić information content (AvgIpc) is 2.75. The zero-order valence-corrected chi connectivity index (χ0v) is 12.0. The minimum absolute atomic E-state index is 0.0114. The van der Waals surface area contributed by atoms with Crippen LogP contribution in [0.3, 0.4) is 0 Å². The molecule has 0 spiro atoms. The van der Waals surface area contributed by atoms with Crippen molar-refractivity contribution in [1.82, 2.24) is 9.47 Å². The number of hydrogen-bond donors (Lipinski definition) is 1. The molecule has 0 bridgehead atoms. The van der Waals surface area contributed by atoms with Crippen LogP contribution < -0.4 is 4.87 Å². The van der Waals surface area contributed by atoms with Crippen molar-refractivity contribution in [3.63, 3.8) is 0 Å². The molecule has 1 aliphatic rings. The summed E-state index contributed by atoms with van der Waals surface area (Å²) < 4.78 is 1.64. The number of carbonyl (C=O) groups excluding carboxylic acids is 1. The minimum atomic E-state index is -0.0402. The van der Waals surface area contributed by atoms with E-state index >= 15 is 0 Å². The molecule has 1 aliphatic heterocycles. The van der Waals surface area contributed by atoms with Crippen LogP contribution in [0.4, 0.5) is 0 Å². The van der Waals surface area contributed by atoms with Crippen molar-refractivity contribution in [3.8, 4) is 0 Å². The van der Waals surface area contributed by atoms with E-state index in [0.29, 0.717) is 13.0 Å². The zero-order chi connectivity index (χ0) is 13.8. The van der Waals surface area contributed by atoms with E-state index in [9.17, 15) is 14.7 Å². The predicted octanol–water partition coefficient (Wildman–Crippen LogP) is 0.982. The van der Waals surface area contributed by atoms with E-state index in [1.54, 1.807) is 9.47 Å². The molecule has 1 atom stereocenters. The molecular formula is C13H20N2O3S. The number of nitrogens with zero attached hydrogens (tertiary/aromatic N) is 2. The first-order valence-electron chi connectivity index (χ1n) is 6.68. The standard InChI is InChI=1S/C13H20N2O3S/c1-10-9-19-13(18)14(10)7-5-12(17)15-6-3-2-4-11(15)8-16/h9,11,16H,2-8H2,1H3. The molecule has 1 saturated heterocycles. The normalized spacial score (nSPS) is 19.7. The monoisotopic (exact) mass is 284 g/mol. The van der Waals surface area contributed by atoms with Crippen molar-refractivity contribution in [1.29, 1.82) is 0 Å². The Morgan fingerprint density at radius 3 is 2.95 bits per heavy atom. The molecule has 5 nitrogen and oxygen atoms in total. The van der Waals surface area contributed by atoms with Gasteiger partial charge in [0.1, 0.15) is 0 Å².